The zero-order valence-electron chi connectivity index (χ0n) is 17.5. The van der Waals surface area contributed by atoms with E-state index in [1.807, 2.05) is 0 Å². The molecule has 0 N–H and O–H groups in total. The lowest BCUT2D eigenvalue weighted by Gasteiger charge is -2.09. The van der Waals surface area contributed by atoms with E-state index in [-0.39, 0.29) is 11.9 Å². The van der Waals surface area contributed by atoms with Gasteiger partial charge < -0.3 is 9.47 Å². The first-order chi connectivity index (χ1) is 12.6. The number of esters is 2. The molecule has 0 aromatic rings. The summed E-state index contributed by atoms with van der Waals surface area (Å²) < 4.78 is 10.5. The Morgan fingerprint density at radius 1 is 0.692 bits per heavy atom. The van der Waals surface area contributed by atoms with Crippen molar-refractivity contribution in [2.24, 2.45) is 5.92 Å². The number of carbonyl (C=O) groups excluding carboxylic acids is 2. The zero-order chi connectivity index (χ0) is 19.5. The molecule has 0 aliphatic carbocycles. The van der Waals surface area contributed by atoms with Crippen LogP contribution < -0.4 is 0 Å². The SMILES string of the molecule is CCCCCCOC(=O)CCCCCCCCC(=O)OCCC(C)CC. The van der Waals surface area contributed by atoms with Crippen LogP contribution in [0.2, 0.25) is 0 Å². The molecule has 154 valence electrons. The second kappa shape index (κ2) is 18.7. The fourth-order valence-corrected chi connectivity index (χ4v) is 2.68. The highest BCUT2D eigenvalue weighted by Gasteiger charge is 2.05. The number of unbranched alkanes of at least 4 members (excludes halogenated alkanes) is 8. The van der Waals surface area contributed by atoms with E-state index < -0.39 is 0 Å². The number of carbonyl (C=O) groups is 2. The van der Waals surface area contributed by atoms with Crippen molar-refractivity contribution in [2.75, 3.05) is 13.2 Å². The van der Waals surface area contributed by atoms with Crippen molar-refractivity contribution >= 4 is 11.9 Å². The molecule has 0 saturated carbocycles. The average Bonchev–Trinajstić information content (AvgIpc) is 2.63. The van der Waals surface area contributed by atoms with Gasteiger partial charge in [-0.1, -0.05) is 72.1 Å². The van der Waals surface area contributed by atoms with Crippen LogP contribution in [0, 0.1) is 5.92 Å². The monoisotopic (exact) mass is 370 g/mol. The Bertz CT molecular complexity index is 341. The summed E-state index contributed by atoms with van der Waals surface area (Å²) in [6.45, 7) is 7.65. The molecule has 0 radical (unpaired) electrons. The van der Waals surface area contributed by atoms with E-state index in [9.17, 15) is 9.59 Å². The van der Waals surface area contributed by atoms with Crippen molar-refractivity contribution in [3.63, 3.8) is 0 Å². The van der Waals surface area contributed by atoms with E-state index >= 15 is 0 Å². The van der Waals surface area contributed by atoms with Gasteiger partial charge in [0.1, 0.15) is 0 Å². The van der Waals surface area contributed by atoms with E-state index in [1.165, 1.54) is 12.8 Å². The third kappa shape index (κ3) is 17.8. The molecule has 0 rings (SSSR count). The Hall–Kier alpha value is -1.06. The molecule has 4 heteroatoms. The van der Waals surface area contributed by atoms with Crippen LogP contribution in [0.25, 0.3) is 0 Å². The van der Waals surface area contributed by atoms with Gasteiger partial charge in [-0.3, -0.25) is 9.59 Å². The van der Waals surface area contributed by atoms with Gasteiger partial charge in [0.2, 0.25) is 0 Å². The molecule has 1 unspecified atom stereocenters. The molecule has 0 amide bonds. The summed E-state index contributed by atoms with van der Waals surface area (Å²) in [6.07, 6.45) is 13.9. The van der Waals surface area contributed by atoms with Gasteiger partial charge in [-0.25, -0.2) is 0 Å². The van der Waals surface area contributed by atoms with Crippen LogP contribution in [-0.2, 0) is 19.1 Å². The summed E-state index contributed by atoms with van der Waals surface area (Å²) in [6, 6.07) is 0. The minimum atomic E-state index is -0.0602. The van der Waals surface area contributed by atoms with Crippen LogP contribution in [0.15, 0.2) is 0 Å². The highest BCUT2D eigenvalue weighted by atomic mass is 16.5. The quantitative estimate of drug-likeness (QED) is 0.212. The minimum Gasteiger partial charge on any atom is -0.466 e. The second-order valence-corrected chi connectivity index (χ2v) is 7.43. The number of hydrogen-bond acceptors (Lipinski definition) is 4. The lowest BCUT2D eigenvalue weighted by molar-refractivity contribution is -0.145. The number of rotatable bonds is 18. The van der Waals surface area contributed by atoms with Gasteiger partial charge in [0, 0.05) is 12.8 Å². The average molecular weight is 371 g/mol. The summed E-state index contributed by atoms with van der Waals surface area (Å²) in [4.78, 5) is 23.2. The lowest BCUT2D eigenvalue weighted by Crippen LogP contribution is -2.08. The van der Waals surface area contributed by atoms with Gasteiger partial charge in [-0.15, -0.1) is 0 Å². The second-order valence-electron chi connectivity index (χ2n) is 7.43. The molecule has 0 bridgehead atoms. The first kappa shape index (κ1) is 24.9. The van der Waals surface area contributed by atoms with Crippen molar-refractivity contribution in [1.82, 2.24) is 0 Å². The molecular weight excluding hydrogens is 328 g/mol. The van der Waals surface area contributed by atoms with Gasteiger partial charge >= 0.3 is 11.9 Å². The predicted octanol–water partition coefficient (Wildman–Crippen LogP) is 6.21. The summed E-state index contributed by atoms with van der Waals surface area (Å²) in [5.74, 6) is 0.512. The van der Waals surface area contributed by atoms with Crippen LogP contribution in [0.1, 0.15) is 111 Å². The Labute approximate surface area is 161 Å². The number of ether oxygens (including phenoxy) is 2. The maximum Gasteiger partial charge on any atom is 0.305 e. The number of hydrogen-bond donors (Lipinski definition) is 0. The van der Waals surface area contributed by atoms with Crippen molar-refractivity contribution in [1.29, 1.82) is 0 Å². The topological polar surface area (TPSA) is 52.6 Å². The van der Waals surface area contributed by atoms with E-state index in [2.05, 4.69) is 20.8 Å². The molecule has 26 heavy (non-hydrogen) atoms. The summed E-state index contributed by atoms with van der Waals surface area (Å²) in [5.41, 5.74) is 0. The van der Waals surface area contributed by atoms with Crippen LogP contribution in [0.3, 0.4) is 0 Å². The molecule has 0 aromatic carbocycles. The fraction of sp³-hybridized carbons (Fsp3) is 0.909. The van der Waals surface area contributed by atoms with E-state index in [0.717, 1.165) is 64.2 Å². The molecule has 0 heterocycles. The molecule has 0 saturated heterocycles. The maximum absolute atomic E-state index is 11.6. The smallest absolute Gasteiger partial charge is 0.305 e. The minimum absolute atomic E-state index is 0.0540. The first-order valence-corrected chi connectivity index (χ1v) is 10.9. The van der Waals surface area contributed by atoms with Crippen LogP contribution in [-0.4, -0.2) is 25.2 Å². The summed E-state index contributed by atoms with van der Waals surface area (Å²) in [5, 5.41) is 0. The van der Waals surface area contributed by atoms with Gasteiger partial charge in [-0.05, 0) is 31.6 Å². The molecule has 4 nitrogen and oxygen atoms in total. The largest absolute Gasteiger partial charge is 0.466 e. The third-order valence-electron chi connectivity index (χ3n) is 4.84. The zero-order valence-corrected chi connectivity index (χ0v) is 17.5. The molecular formula is C22H42O4. The lowest BCUT2D eigenvalue weighted by atomic mass is 10.1. The standard InChI is InChI=1S/C22H42O4/c1-4-6-7-14-18-25-21(23)15-12-10-8-9-11-13-16-22(24)26-19-17-20(3)5-2/h20H,4-19H2,1-3H3. The van der Waals surface area contributed by atoms with E-state index in [1.54, 1.807) is 0 Å². The Balaban J connectivity index is 3.30. The highest BCUT2D eigenvalue weighted by Crippen LogP contribution is 2.11. The first-order valence-electron chi connectivity index (χ1n) is 10.9. The Morgan fingerprint density at radius 3 is 1.73 bits per heavy atom. The van der Waals surface area contributed by atoms with Crippen LogP contribution in [0.4, 0.5) is 0 Å². The molecule has 1 atom stereocenters. The van der Waals surface area contributed by atoms with Gasteiger partial charge in [0.25, 0.3) is 0 Å². The van der Waals surface area contributed by atoms with Crippen molar-refractivity contribution < 1.29 is 19.1 Å². The Kier molecular flexibility index (Phi) is 18.0. The molecule has 0 aliphatic rings. The van der Waals surface area contributed by atoms with Crippen molar-refractivity contribution in [3.05, 3.63) is 0 Å². The molecule has 0 aliphatic heterocycles. The maximum atomic E-state index is 11.6. The van der Waals surface area contributed by atoms with Crippen LogP contribution in [0.5, 0.6) is 0 Å². The van der Waals surface area contributed by atoms with E-state index in [4.69, 9.17) is 9.47 Å². The summed E-state index contributed by atoms with van der Waals surface area (Å²) in [7, 11) is 0. The van der Waals surface area contributed by atoms with Crippen molar-refractivity contribution in [2.45, 2.75) is 111 Å². The Morgan fingerprint density at radius 2 is 1.19 bits per heavy atom. The normalized spacial score (nSPS) is 12.0. The molecule has 0 fully saturated rings. The molecule has 0 spiro atoms. The van der Waals surface area contributed by atoms with Crippen molar-refractivity contribution in [3.8, 4) is 0 Å². The van der Waals surface area contributed by atoms with E-state index in [0.29, 0.717) is 32.0 Å². The summed E-state index contributed by atoms with van der Waals surface area (Å²) >= 11 is 0. The highest BCUT2D eigenvalue weighted by molar-refractivity contribution is 5.69. The fourth-order valence-electron chi connectivity index (χ4n) is 2.68. The molecule has 0 aromatic heterocycles. The van der Waals surface area contributed by atoms with Gasteiger partial charge in [0.05, 0.1) is 13.2 Å². The third-order valence-corrected chi connectivity index (χ3v) is 4.84. The van der Waals surface area contributed by atoms with Crippen LogP contribution >= 0.6 is 0 Å². The predicted molar refractivity (Wildman–Crippen MR) is 107 cm³/mol. The van der Waals surface area contributed by atoms with Gasteiger partial charge in [-0.2, -0.15) is 0 Å². The van der Waals surface area contributed by atoms with Gasteiger partial charge in [0.15, 0.2) is 0 Å².